The van der Waals surface area contributed by atoms with Crippen LogP contribution < -0.4 is 5.32 Å². The van der Waals surface area contributed by atoms with Gasteiger partial charge in [0.1, 0.15) is 5.82 Å². The molecule has 0 saturated heterocycles. The fraction of sp³-hybridized carbons (Fsp3) is 0.133. The molecule has 2 aromatic carbocycles. The zero-order valence-electron chi connectivity index (χ0n) is 10.2. The second-order valence-corrected chi connectivity index (χ2v) is 4.92. The molecule has 0 atom stereocenters. The number of nitrogens with zero attached hydrogens (tertiary/aromatic N) is 1. The monoisotopic (exact) mass is 318 g/mol. The molecule has 4 heteroatoms. The average molecular weight is 319 g/mol. The Morgan fingerprint density at radius 3 is 2.74 bits per heavy atom. The summed E-state index contributed by atoms with van der Waals surface area (Å²) in [6, 6.07) is 14.5. The van der Waals surface area contributed by atoms with E-state index in [2.05, 4.69) is 27.3 Å². The Morgan fingerprint density at radius 2 is 1.95 bits per heavy atom. The molecule has 19 heavy (non-hydrogen) atoms. The maximum atomic E-state index is 13.3. The van der Waals surface area contributed by atoms with Gasteiger partial charge < -0.3 is 5.32 Å². The molecule has 2 aromatic rings. The molecule has 96 valence electrons. The summed E-state index contributed by atoms with van der Waals surface area (Å²) in [4.78, 5) is 0. The van der Waals surface area contributed by atoms with Gasteiger partial charge in [-0.2, -0.15) is 5.26 Å². The van der Waals surface area contributed by atoms with Crippen molar-refractivity contribution in [3.05, 3.63) is 69.4 Å². The standard InChI is InChI=1S/C15H12BrFN2/c16-15-13(5-2-6-14(15)17)10-19-9-12-4-1-3-11(7-12)8-18/h1-7,19H,9-10H2. The first-order chi connectivity index (χ1) is 9.20. The van der Waals surface area contributed by atoms with Crippen molar-refractivity contribution in [1.29, 1.82) is 5.26 Å². The SMILES string of the molecule is N#Cc1cccc(CNCc2cccc(F)c2Br)c1. The molecule has 0 spiro atoms. The summed E-state index contributed by atoms with van der Waals surface area (Å²) in [6.07, 6.45) is 0. The van der Waals surface area contributed by atoms with Crippen LogP contribution >= 0.6 is 15.9 Å². The largest absolute Gasteiger partial charge is 0.309 e. The molecule has 0 aromatic heterocycles. The summed E-state index contributed by atoms with van der Waals surface area (Å²) < 4.78 is 13.8. The van der Waals surface area contributed by atoms with Crippen LogP contribution in [-0.4, -0.2) is 0 Å². The summed E-state index contributed by atoms with van der Waals surface area (Å²) in [6.45, 7) is 1.20. The van der Waals surface area contributed by atoms with Gasteiger partial charge in [-0.3, -0.25) is 0 Å². The molecule has 0 heterocycles. The van der Waals surface area contributed by atoms with E-state index >= 15 is 0 Å². The molecule has 0 fully saturated rings. The number of hydrogen-bond acceptors (Lipinski definition) is 2. The second-order valence-electron chi connectivity index (χ2n) is 4.13. The molecule has 0 amide bonds. The van der Waals surface area contributed by atoms with Gasteiger partial charge in [0.05, 0.1) is 16.1 Å². The lowest BCUT2D eigenvalue weighted by Gasteiger charge is -2.07. The van der Waals surface area contributed by atoms with Gasteiger partial charge >= 0.3 is 0 Å². The third-order valence-electron chi connectivity index (χ3n) is 2.73. The van der Waals surface area contributed by atoms with Gasteiger partial charge in [0.2, 0.25) is 0 Å². The second kappa shape index (κ2) is 6.46. The van der Waals surface area contributed by atoms with Crippen LogP contribution in [0.15, 0.2) is 46.9 Å². The van der Waals surface area contributed by atoms with E-state index in [1.165, 1.54) is 6.07 Å². The lowest BCUT2D eigenvalue weighted by molar-refractivity contribution is 0.612. The molecule has 0 aliphatic heterocycles. The molecule has 0 aliphatic rings. The Hall–Kier alpha value is -1.70. The number of benzene rings is 2. The van der Waals surface area contributed by atoms with Crippen molar-refractivity contribution < 1.29 is 4.39 Å². The number of rotatable bonds is 4. The van der Waals surface area contributed by atoms with Gasteiger partial charge in [-0.15, -0.1) is 0 Å². The van der Waals surface area contributed by atoms with Crippen LogP contribution in [0.1, 0.15) is 16.7 Å². The molecule has 1 N–H and O–H groups in total. The van der Waals surface area contributed by atoms with Gasteiger partial charge in [0, 0.05) is 13.1 Å². The maximum Gasteiger partial charge on any atom is 0.137 e. The Bertz CT molecular complexity index is 620. The van der Waals surface area contributed by atoms with Gasteiger partial charge in [-0.25, -0.2) is 4.39 Å². The van der Waals surface area contributed by atoms with E-state index in [0.717, 1.165) is 11.1 Å². The minimum atomic E-state index is -0.259. The van der Waals surface area contributed by atoms with Crippen molar-refractivity contribution >= 4 is 15.9 Å². The van der Waals surface area contributed by atoms with Crippen LogP contribution in [0, 0.1) is 17.1 Å². The van der Waals surface area contributed by atoms with E-state index in [1.807, 2.05) is 24.3 Å². The Kier molecular flexibility index (Phi) is 4.67. The topological polar surface area (TPSA) is 35.8 Å². The van der Waals surface area contributed by atoms with E-state index in [4.69, 9.17) is 5.26 Å². The quantitative estimate of drug-likeness (QED) is 0.932. The smallest absolute Gasteiger partial charge is 0.137 e. The number of nitriles is 1. The maximum absolute atomic E-state index is 13.3. The first kappa shape index (κ1) is 13.7. The third-order valence-corrected chi connectivity index (χ3v) is 3.62. The molecule has 2 nitrogen and oxygen atoms in total. The summed E-state index contributed by atoms with van der Waals surface area (Å²) >= 11 is 3.23. The Morgan fingerprint density at radius 1 is 1.16 bits per heavy atom. The first-order valence-corrected chi connectivity index (χ1v) is 6.62. The molecule has 2 rings (SSSR count). The zero-order chi connectivity index (χ0) is 13.7. The minimum Gasteiger partial charge on any atom is -0.309 e. The fourth-order valence-corrected chi connectivity index (χ4v) is 2.18. The van der Waals surface area contributed by atoms with Crippen LogP contribution in [0.3, 0.4) is 0 Å². The molecule has 0 bridgehead atoms. The first-order valence-electron chi connectivity index (χ1n) is 5.83. The zero-order valence-corrected chi connectivity index (χ0v) is 11.7. The van der Waals surface area contributed by atoms with E-state index in [9.17, 15) is 4.39 Å². The Balaban J connectivity index is 1.96. The van der Waals surface area contributed by atoms with E-state index in [1.54, 1.807) is 12.1 Å². The molecule has 0 saturated carbocycles. The highest BCUT2D eigenvalue weighted by atomic mass is 79.9. The molecular weight excluding hydrogens is 307 g/mol. The van der Waals surface area contributed by atoms with Crippen molar-refractivity contribution in [2.45, 2.75) is 13.1 Å². The van der Waals surface area contributed by atoms with Crippen LogP contribution in [-0.2, 0) is 13.1 Å². The highest BCUT2D eigenvalue weighted by Gasteiger charge is 2.04. The predicted molar refractivity (Wildman–Crippen MR) is 75.8 cm³/mol. The van der Waals surface area contributed by atoms with Gasteiger partial charge in [0.25, 0.3) is 0 Å². The van der Waals surface area contributed by atoms with Crippen molar-refractivity contribution in [3.63, 3.8) is 0 Å². The van der Waals surface area contributed by atoms with Crippen molar-refractivity contribution in [2.75, 3.05) is 0 Å². The summed E-state index contributed by atoms with van der Waals surface area (Å²) in [5, 5.41) is 12.0. The molecular formula is C15H12BrFN2. The lowest BCUT2D eigenvalue weighted by Crippen LogP contribution is -2.13. The summed E-state index contributed by atoms with van der Waals surface area (Å²) in [7, 11) is 0. The number of hydrogen-bond donors (Lipinski definition) is 1. The van der Waals surface area contributed by atoms with E-state index in [-0.39, 0.29) is 5.82 Å². The van der Waals surface area contributed by atoms with Crippen molar-refractivity contribution in [3.8, 4) is 6.07 Å². The van der Waals surface area contributed by atoms with Crippen molar-refractivity contribution in [2.24, 2.45) is 0 Å². The van der Waals surface area contributed by atoms with Crippen LogP contribution in [0.4, 0.5) is 4.39 Å². The fourth-order valence-electron chi connectivity index (χ4n) is 1.78. The van der Waals surface area contributed by atoms with E-state index in [0.29, 0.717) is 23.1 Å². The minimum absolute atomic E-state index is 0.259. The summed E-state index contributed by atoms with van der Waals surface area (Å²) in [5.41, 5.74) is 2.55. The molecule has 0 aliphatic carbocycles. The number of halogens is 2. The number of nitrogens with one attached hydrogen (secondary N) is 1. The van der Waals surface area contributed by atoms with Gasteiger partial charge in [0.15, 0.2) is 0 Å². The van der Waals surface area contributed by atoms with Crippen molar-refractivity contribution in [1.82, 2.24) is 5.32 Å². The predicted octanol–water partition coefficient (Wildman–Crippen LogP) is 3.75. The summed E-state index contributed by atoms with van der Waals surface area (Å²) in [5.74, 6) is -0.259. The molecule has 0 radical (unpaired) electrons. The Labute approximate surface area is 120 Å². The van der Waals surface area contributed by atoms with Crippen LogP contribution in [0.2, 0.25) is 0 Å². The van der Waals surface area contributed by atoms with Crippen LogP contribution in [0.25, 0.3) is 0 Å². The lowest BCUT2D eigenvalue weighted by atomic mass is 10.1. The van der Waals surface area contributed by atoms with Gasteiger partial charge in [-0.1, -0.05) is 24.3 Å². The van der Waals surface area contributed by atoms with Crippen LogP contribution in [0.5, 0.6) is 0 Å². The van der Waals surface area contributed by atoms with E-state index < -0.39 is 0 Å². The normalized spacial score (nSPS) is 10.2. The highest BCUT2D eigenvalue weighted by Crippen LogP contribution is 2.20. The average Bonchev–Trinajstić information content (AvgIpc) is 2.44. The molecule has 0 unspecified atom stereocenters. The third kappa shape index (κ3) is 3.63. The van der Waals surface area contributed by atoms with Gasteiger partial charge in [-0.05, 0) is 45.3 Å². The highest BCUT2D eigenvalue weighted by molar-refractivity contribution is 9.10.